The number of nitrogens with zero attached hydrogens (tertiary/aromatic N) is 1. The predicted octanol–water partition coefficient (Wildman–Crippen LogP) is 2.95. The molecule has 2 nitrogen and oxygen atoms in total. The Morgan fingerprint density at radius 3 is 2.18 bits per heavy atom. The average molecular weight is 253 g/mol. The lowest BCUT2D eigenvalue weighted by atomic mass is 9.86. The summed E-state index contributed by atoms with van der Waals surface area (Å²) in [6.07, 6.45) is -3.43. The molecule has 0 aliphatic carbocycles. The highest BCUT2D eigenvalue weighted by Gasteiger charge is 2.34. The van der Waals surface area contributed by atoms with Crippen LogP contribution in [0.5, 0.6) is 0 Å². The maximum absolute atomic E-state index is 12.0. The van der Waals surface area contributed by atoms with Crippen molar-refractivity contribution in [1.82, 2.24) is 4.90 Å². The minimum Gasteiger partial charge on any atom is -0.390 e. The van der Waals surface area contributed by atoms with Gasteiger partial charge in [0.2, 0.25) is 0 Å². The minimum atomic E-state index is -4.10. The number of rotatable bonds is 4. The van der Waals surface area contributed by atoms with Crippen molar-refractivity contribution >= 4 is 0 Å². The molecule has 0 amide bonds. The number of aliphatic hydroxyl groups is 1. The number of hydrogen-bond acceptors (Lipinski definition) is 2. The molecule has 1 rings (SSSR count). The molecule has 0 spiro atoms. The normalized spacial score (nSPS) is 22.1. The van der Waals surface area contributed by atoms with E-state index < -0.39 is 18.2 Å². The van der Waals surface area contributed by atoms with Gasteiger partial charge in [0.25, 0.3) is 0 Å². The fourth-order valence-corrected chi connectivity index (χ4v) is 2.32. The average Bonchev–Trinajstić information content (AvgIpc) is 2.15. The zero-order valence-electron chi connectivity index (χ0n) is 10.6. The first-order chi connectivity index (χ1) is 7.72. The van der Waals surface area contributed by atoms with Gasteiger partial charge in [-0.3, -0.25) is 0 Å². The first kappa shape index (κ1) is 14.8. The van der Waals surface area contributed by atoms with Gasteiger partial charge in [0.15, 0.2) is 0 Å². The fraction of sp³-hybridized carbons (Fsp3) is 1.00. The van der Waals surface area contributed by atoms with Gasteiger partial charge in [0.05, 0.1) is 5.60 Å². The van der Waals surface area contributed by atoms with E-state index in [1.807, 2.05) is 0 Å². The molecule has 0 saturated carbocycles. The van der Waals surface area contributed by atoms with Crippen LogP contribution >= 0.6 is 0 Å². The summed E-state index contributed by atoms with van der Waals surface area (Å²) < 4.78 is 36.0. The lowest BCUT2D eigenvalue weighted by Gasteiger charge is -2.40. The van der Waals surface area contributed by atoms with E-state index in [1.165, 1.54) is 0 Å². The molecule has 17 heavy (non-hydrogen) atoms. The Morgan fingerprint density at radius 2 is 1.76 bits per heavy atom. The van der Waals surface area contributed by atoms with Crippen LogP contribution in [0.25, 0.3) is 0 Å². The van der Waals surface area contributed by atoms with Gasteiger partial charge in [-0.15, -0.1) is 0 Å². The monoisotopic (exact) mass is 253 g/mol. The Labute approximate surface area is 101 Å². The van der Waals surface area contributed by atoms with E-state index in [-0.39, 0.29) is 12.8 Å². The molecule has 1 heterocycles. The minimum absolute atomic E-state index is 0.0294. The molecule has 1 saturated heterocycles. The summed E-state index contributed by atoms with van der Waals surface area (Å²) in [5, 5.41) is 10.2. The molecule has 5 heteroatoms. The Kier molecular flexibility index (Phi) is 4.84. The molecule has 0 aromatic heterocycles. The van der Waals surface area contributed by atoms with Gasteiger partial charge in [-0.25, -0.2) is 0 Å². The molecule has 1 aliphatic heterocycles. The van der Waals surface area contributed by atoms with Crippen LogP contribution in [-0.4, -0.2) is 40.9 Å². The third-order valence-electron chi connectivity index (χ3n) is 3.56. The number of piperidine rings is 1. The van der Waals surface area contributed by atoms with E-state index in [0.29, 0.717) is 18.9 Å². The van der Waals surface area contributed by atoms with Crippen LogP contribution in [0, 0.1) is 0 Å². The second-order valence-electron chi connectivity index (χ2n) is 5.32. The highest BCUT2D eigenvalue weighted by atomic mass is 19.4. The number of likely N-dealkylation sites (tertiary alicyclic amines) is 1. The van der Waals surface area contributed by atoms with Gasteiger partial charge in [-0.2, -0.15) is 13.2 Å². The number of hydrogen-bond donors (Lipinski definition) is 1. The van der Waals surface area contributed by atoms with Crippen LogP contribution in [-0.2, 0) is 0 Å². The van der Waals surface area contributed by atoms with Crippen LogP contribution in [0.15, 0.2) is 0 Å². The van der Waals surface area contributed by atoms with Gasteiger partial charge in [-0.1, -0.05) is 0 Å². The van der Waals surface area contributed by atoms with Gasteiger partial charge < -0.3 is 10.0 Å². The van der Waals surface area contributed by atoms with Crippen LogP contribution in [0.1, 0.15) is 46.0 Å². The maximum Gasteiger partial charge on any atom is 0.389 e. The highest BCUT2D eigenvalue weighted by molar-refractivity contribution is 4.86. The van der Waals surface area contributed by atoms with Crippen LogP contribution in [0.3, 0.4) is 0 Å². The molecular weight excluding hydrogens is 231 g/mol. The summed E-state index contributed by atoms with van der Waals surface area (Å²) in [5.74, 6) is 0. The van der Waals surface area contributed by atoms with E-state index >= 15 is 0 Å². The topological polar surface area (TPSA) is 23.5 Å². The van der Waals surface area contributed by atoms with E-state index in [1.54, 1.807) is 0 Å². The molecule has 1 fully saturated rings. The largest absolute Gasteiger partial charge is 0.390 e. The summed E-state index contributed by atoms with van der Waals surface area (Å²) in [4.78, 5) is 2.25. The molecule has 0 unspecified atom stereocenters. The summed E-state index contributed by atoms with van der Waals surface area (Å²) in [7, 11) is 0. The fourth-order valence-electron chi connectivity index (χ4n) is 2.32. The van der Waals surface area contributed by atoms with Gasteiger partial charge in [0, 0.05) is 25.6 Å². The molecular formula is C12H22F3NO. The third-order valence-corrected chi connectivity index (χ3v) is 3.56. The van der Waals surface area contributed by atoms with Crippen molar-refractivity contribution in [3.8, 4) is 0 Å². The maximum atomic E-state index is 12.0. The number of alkyl halides is 3. The Bertz CT molecular complexity index is 232. The van der Waals surface area contributed by atoms with Gasteiger partial charge in [-0.05, 0) is 39.5 Å². The lowest BCUT2D eigenvalue weighted by Crippen LogP contribution is -2.46. The summed E-state index contributed by atoms with van der Waals surface area (Å²) in [6.45, 7) is 5.74. The van der Waals surface area contributed by atoms with E-state index in [9.17, 15) is 18.3 Å². The zero-order valence-corrected chi connectivity index (χ0v) is 10.6. The molecule has 0 aromatic carbocycles. The van der Waals surface area contributed by atoms with Crippen molar-refractivity contribution in [2.24, 2.45) is 0 Å². The highest BCUT2D eigenvalue weighted by Crippen LogP contribution is 2.31. The molecule has 1 aliphatic rings. The van der Waals surface area contributed by atoms with E-state index in [0.717, 1.165) is 13.1 Å². The summed E-state index contributed by atoms with van der Waals surface area (Å²) >= 11 is 0. The van der Waals surface area contributed by atoms with Crippen molar-refractivity contribution < 1.29 is 18.3 Å². The first-order valence-corrected chi connectivity index (χ1v) is 6.25. The van der Waals surface area contributed by atoms with Crippen molar-refractivity contribution in [2.45, 2.75) is 63.8 Å². The van der Waals surface area contributed by atoms with Crippen molar-refractivity contribution in [1.29, 1.82) is 0 Å². The smallest absolute Gasteiger partial charge is 0.389 e. The molecule has 1 N–H and O–H groups in total. The van der Waals surface area contributed by atoms with E-state index in [2.05, 4.69) is 18.7 Å². The van der Waals surface area contributed by atoms with Crippen LogP contribution in [0.2, 0.25) is 0 Å². The van der Waals surface area contributed by atoms with E-state index in [4.69, 9.17) is 0 Å². The molecule has 0 bridgehead atoms. The second-order valence-corrected chi connectivity index (χ2v) is 5.32. The Morgan fingerprint density at radius 1 is 1.24 bits per heavy atom. The van der Waals surface area contributed by atoms with Crippen molar-refractivity contribution in [2.75, 3.05) is 13.1 Å². The van der Waals surface area contributed by atoms with Gasteiger partial charge in [0.1, 0.15) is 0 Å². The Balaban J connectivity index is 2.30. The predicted molar refractivity (Wildman–Crippen MR) is 60.8 cm³/mol. The van der Waals surface area contributed by atoms with Gasteiger partial charge >= 0.3 is 6.18 Å². The number of halogens is 3. The molecule has 0 atom stereocenters. The van der Waals surface area contributed by atoms with Crippen LogP contribution < -0.4 is 0 Å². The second kappa shape index (κ2) is 5.57. The van der Waals surface area contributed by atoms with Crippen molar-refractivity contribution in [3.05, 3.63) is 0 Å². The lowest BCUT2D eigenvalue weighted by molar-refractivity contribution is -0.139. The Hall–Kier alpha value is -0.290. The third kappa shape index (κ3) is 5.25. The quantitative estimate of drug-likeness (QED) is 0.832. The standard InChI is InChI=1S/C12H22F3NO/c1-10(2)16-8-6-11(17,7-9-16)4-3-5-12(13,14)15/h10,17H,3-9H2,1-2H3. The SMILES string of the molecule is CC(C)N1CCC(O)(CCCC(F)(F)F)CC1. The van der Waals surface area contributed by atoms with Crippen molar-refractivity contribution in [3.63, 3.8) is 0 Å². The summed E-state index contributed by atoms with van der Waals surface area (Å²) in [5.41, 5.74) is -0.878. The molecule has 102 valence electrons. The summed E-state index contributed by atoms with van der Waals surface area (Å²) in [6, 6.07) is 0.440. The zero-order chi connectivity index (χ0) is 13.1. The molecule has 0 radical (unpaired) electrons. The first-order valence-electron chi connectivity index (χ1n) is 6.25. The molecule has 0 aromatic rings. The van der Waals surface area contributed by atoms with Crippen LogP contribution in [0.4, 0.5) is 13.2 Å².